The van der Waals surface area contributed by atoms with Gasteiger partial charge in [-0.1, -0.05) is 12.1 Å². The molecule has 1 saturated heterocycles. The maximum atomic E-state index is 12.7. The first-order chi connectivity index (χ1) is 11.5. The van der Waals surface area contributed by atoms with Crippen molar-refractivity contribution in [2.45, 2.75) is 19.2 Å². The summed E-state index contributed by atoms with van der Waals surface area (Å²) in [6.07, 6.45) is 0. The van der Waals surface area contributed by atoms with Crippen molar-refractivity contribution < 1.29 is 14.3 Å². The van der Waals surface area contributed by atoms with Gasteiger partial charge >= 0.3 is 0 Å². The first-order valence-corrected chi connectivity index (χ1v) is 8.40. The van der Waals surface area contributed by atoms with Gasteiger partial charge in [-0.3, -0.25) is 9.59 Å². The third kappa shape index (κ3) is 3.10. The number of nitrogens with one attached hydrogen (secondary N) is 1. The van der Waals surface area contributed by atoms with E-state index < -0.39 is 5.37 Å². The third-order valence-electron chi connectivity index (χ3n) is 3.96. The zero-order valence-electron chi connectivity index (χ0n) is 13.7. The van der Waals surface area contributed by atoms with Crippen LogP contribution in [0.25, 0.3) is 0 Å². The van der Waals surface area contributed by atoms with Crippen LogP contribution in [-0.2, 0) is 4.79 Å². The molecule has 0 radical (unpaired) electrons. The Hall–Kier alpha value is -2.47. The van der Waals surface area contributed by atoms with E-state index in [1.165, 1.54) is 4.90 Å². The number of aryl methyl sites for hydroxylation is 2. The molecule has 0 saturated carbocycles. The number of nitrogens with zero attached hydrogens (tertiary/aromatic N) is 1. The summed E-state index contributed by atoms with van der Waals surface area (Å²) in [6, 6.07) is 12.8. The van der Waals surface area contributed by atoms with Gasteiger partial charge in [0.2, 0.25) is 0 Å². The first kappa shape index (κ1) is 16.4. The van der Waals surface area contributed by atoms with Crippen LogP contribution in [0, 0.1) is 13.8 Å². The quantitative estimate of drug-likeness (QED) is 0.912. The highest BCUT2D eigenvalue weighted by Gasteiger charge is 2.40. The molecule has 5 nitrogen and oxygen atoms in total. The molecule has 1 fully saturated rings. The second kappa shape index (κ2) is 6.57. The fourth-order valence-electron chi connectivity index (χ4n) is 2.46. The van der Waals surface area contributed by atoms with Gasteiger partial charge in [0.25, 0.3) is 11.1 Å². The lowest BCUT2D eigenvalue weighted by Gasteiger charge is -2.16. The average Bonchev–Trinajstić information content (AvgIpc) is 2.84. The molecule has 0 aromatic heterocycles. The molecular weight excluding hydrogens is 324 g/mol. The summed E-state index contributed by atoms with van der Waals surface area (Å²) in [5.41, 5.74) is 3.50. The number of carbonyl (C=O) groups is 2. The van der Waals surface area contributed by atoms with E-state index in [0.29, 0.717) is 11.4 Å². The van der Waals surface area contributed by atoms with Crippen LogP contribution in [0.3, 0.4) is 0 Å². The monoisotopic (exact) mass is 342 g/mol. The normalized spacial score (nSPS) is 17.3. The van der Waals surface area contributed by atoms with Gasteiger partial charge in [0.1, 0.15) is 5.75 Å². The average molecular weight is 342 g/mol. The topological polar surface area (TPSA) is 58.6 Å². The molecule has 2 aromatic carbocycles. The maximum Gasteiger partial charge on any atom is 0.295 e. The Morgan fingerprint density at radius 2 is 1.88 bits per heavy atom. The summed E-state index contributed by atoms with van der Waals surface area (Å²) in [5.74, 6) is 0.420. The Kier molecular flexibility index (Phi) is 4.49. The number of anilines is 2. The van der Waals surface area contributed by atoms with Crippen LogP contribution >= 0.6 is 11.8 Å². The third-order valence-corrected chi connectivity index (χ3v) is 4.90. The molecule has 1 unspecified atom stereocenters. The SMILES string of the molecule is COc1cccc(NC2SC(=O)N(c3ccc(C)c(C)c3)C2=O)c1. The van der Waals surface area contributed by atoms with Gasteiger partial charge in [0.15, 0.2) is 5.37 Å². The molecule has 0 spiro atoms. The van der Waals surface area contributed by atoms with Crippen molar-refractivity contribution in [2.24, 2.45) is 0 Å². The molecule has 1 N–H and O–H groups in total. The lowest BCUT2D eigenvalue weighted by Crippen LogP contribution is -2.34. The zero-order chi connectivity index (χ0) is 17.3. The van der Waals surface area contributed by atoms with Crippen molar-refractivity contribution in [3.05, 3.63) is 53.6 Å². The second-order valence-corrected chi connectivity index (χ2v) is 6.64. The minimum atomic E-state index is -0.647. The highest BCUT2D eigenvalue weighted by atomic mass is 32.2. The van der Waals surface area contributed by atoms with Crippen molar-refractivity contribution in [3.8, 4) is 5.75 Å². The molecule has 1 aliphatic heterocycles. The number of rotatable bonds is 4. The van der Waals surface area contributed by atoms with Crippen LogP contribution in [0.1, 0.15) is 11.1 Å². The van der Waals surface area contributed by atoms with Crippen LogP contribution in [0.5, 0.6) is 5.75 Å². The number of hydrogen-bond donors (Lipinski definition) is 1. The summed E-state index contributed by atoms with van der Waals surface area (Å²) in [5, 5.41) is 2.17. The highest BCUT2D eigenvalue weighted by Crippen LogP contribution is 2.33. The molecule has 3 rings (SSSR count). The Labute approximate surface area is 145 Å². The number of hydrogen-bond acceptors (Lipinski definition) is 5. The van der Waals surface area contributed by atoms with Gasteiger partial charge in [-0.05, 0) is 61.0 Å². The number of benzene rings is 2. The zero-order valence-corrected chi connectivity index (χ0v) is 14.5. The van der Waals surface area contributed by atoms with E-state index in [1.54, 1.807) is 19.2 Å². The number of methoxy groups -OCH3 is 1. The predicted molar refractivity (Wildman–Crippen MR) is 96.8 cm³/mol. The summed E-state index contributed by atoms with van der Waals surface area (Å²) >= 11 is 0.980. The van der Waals surface area contributed by atoms with Crippen molar-refractivity contribution in [2.75, 3.05) is 17.3 Å². The molecule has 24 heavy (non-hydrogen) atoms. The Morgan fingerprint density at radius 3 is 2.58 bits per heavy atom. The summed E-state index contributed by atoms with van der Waals surface area (Å²) in [6.45, 7) is 3.96. The highest BCUT2D eigenvalue weighted by molar-refractivity contribution is 8.16. The summed E-state index contributed by atoms with van der Waals surface area (Å²) in [4.78, 5) is 26.2. The van der Waals surface area contributed by atoms with Gasteiger partial charge in [-0.15, -0.1) is 0 Å². The van der Waals surface area contributed by atoms with E-state index >= 15 is 0 Å². The number of thioether (sulfide) groups is 1. The van der Waals surface area contributed by atoms with Crippen molar-refractivity contribution in [1.29, 1.82) is 0 Å². The standard InChI is InChI=1S/C18H18N2O3S/c1-11-7-8-14(9-12(11)2)20-17(21)16(24-18(20)22)19-13-5-4-6-15(10-13)23-3/h4-10,16,19H,1-3H3. The van der Waals surface area contributed by atoms with Gasteiger partial charge < -0.3 is 10.1 Å². The fourth-order valence-corrected chi connectivity index (χ4v) is 3.37. The van der Waals surface area contributed by atoms with E-state index in [4.69, 9.17) is 4.74 Å². The van der Waals surface area contributed by atoms with Gasteiger partial charge in [0.05, 0.1) is 12.8 Å². The van der Waals surface area contributed by atoms with Crippen molar-refractivity contribution in [1.82, 2.24) is 0 Å². The van der Waals surface area contributed by atoms with Crippen LogP contribution in [-0.4, -0.2) is 23.6 Å². The van der Waals surface area contributed by atoms with Gasteiger partial charge in [-0.2, -0.15) is 0 Å². The lowest BCUT2D eigenvalue weighted by atomic mass is 10.1. The van der Waals surface area contributed by atoms with E-state index in [2.05, 4.69) is 5.32 Å². The smallest absolute Gasteiger partial charge is 0.295 e. The molecule has 1 heterocycles. The molecule has 1 aliphatic rings. The number of amides is 2. The number of imide groups is 1. The Morgan fingerprint density at radius 1 is 1.08 bits per heavy atom. The number of ether oxygens (including phenoxy) is 1. The van der Waals surface area contributed by atoms with Crippen LogP contribution < -0.4 is 15.0 Å². The predicted octanol–water partition coefficient (Wildman–Crippen LogP) is 3.95. The van der Waals surface area contributed by atoms with Crippen LogP contribution in [0.2, 0.25) is 0 Å². The largest absolute Gasteiger partial charge is 0.497 e. The minimum Gasteiger partial charge on any atom is -0.497 e. The minimum absolute atomic E-state index is 0.268. The molecule has 6 heteroatoms. The summed E-state index contributed by atoms with van der Waals surface area (Å²) in [7, 11) is 1.58. The van der Waals surface area contributed by atoms with Crippen LogP contribution in [0.15, 0.2) is 42.5 Å². The fraction of sp³-hybridized carbons (Fsp3) is 0.222. The molecule has 0 bridgehead atoms. The van der Waals surface area contributed by atoms with E-state index in [-0.39, 0.29) is 11.1 Å². The molecule has 2 aromatic rings. The van der Waals surface area contributed by atoms with Gasteiger partial charge in [-0.25, -0.2) is 4.90 Å². The van der Waals surface area contributed by atoms with Crippen molar-refractivity contribution >= 4 is 34.3 Å². The van der Waals surface area contributed by atoms with Crippen LogP contribution in [0.4, 0.5) is 16.2 Å². The number of carbonyl (C=O) groups excluding carboxylic acids is 2. The first-order valence-electron chi connectivity index (χ1n) is 7.52. The van der Waals surface area contributed by atoms with E-state index in [9.17, 15) is 9.59 Å². The Bertz CT molecular complexity index is 807. The van der Waals surface area contributed by atoms with Gasteiger partial charge in [0, 0.05) is 11.8 Å². The second-order valence-electron chi connectivity index (χ2n) is 5.58. The van der Waals surface area contributed by atoms with Crippen molar-refractivity contribution in [3.63, 3.8) is 0 Å². The van der Waals surface area contributed by atoms with E-state index in [0.717, 1.165) is 28.6 Å². The molecule has 0 aliphatic carbocycles. The molecule has 2 amide bonds. The Balaban J connectivity index is 1.82. The summed E-state index contributed by atoms with van der Waals surface area (Å²) < 4.78 is 5.17. The molecule has 1 atom stereocenters. The molecule has 124 valence electrons. The maximum absolute atomic E-state index is 12.7. The van der Waals surface area contributed by atoms with E-state index in [1.807, 2.05) is 44.2 Å². The molecular formula is C18H18N2O3S. The lowest BCUT2D eigenvalue weighted by molar-refractivity contribution is -0.116.